The van der Waals surface area contributed by atoms with Gasteiger partial charge >= 0.3 is 5.97 Å². The van der Waals surface area contributed by atoms with Gasteiger partial charge in [-0.3, -0.25) is 18.8 Å². The van der Waals surface area contributed by atoms with Crippen LogP contribution in [0.2, 0.25) is 4.34 Å². The molecule has 3 aromatic rings. The first kappa shape index (κ1) is 25.1. The fourth-order valence-electron chi connectivity index (χ4n) is 3.49. The summed E-state index contributed by atoms with van der Waals surface area (Å²) in [4.78, 5) is 43.2. The van der Waals surface area contributed by atoms with Gasteiger partial charge in [-0.25, -0.2) is 13.4 Å². The Hall–Kier alpha value is -1.97. The van der Waals surface area contributed by atoms with Gasteiger partial charge in [0.25, 0.3) is 21.5 Å². The number of thiazole rings is 1. The molecule has 34 heavy (non-hydrogen) atoms. The first-order chi connectivity index (χ1) is 16.2. The average molecular weight is 563 g/mol. The molecule has 182 valence electrons. The molecule has 0 saturated heterocycles. The molecule has 0 bridgehead atoms. The van der Waals surface area contributed by atoms with Crippen LogP contribution in [0.15, 0.2) is 26.2 Å². The minimum absolute atomic E-state index is 0.0830. The van der Waals surface area contributed by atoms with Gasteiger partial charge in [-0.05, 0) is 25.3 Å². The normalized spacial score (nSPS) is 14.2. The van der Waals surface area contributed by atoms with Crippen molar-refractivity contribution in [1.29, 1.82) is 0 Å². The number of hydrogen-bond acceptors (Lipinski definition) is 10. The van der Waals surface area contributed by atoms with E-state index in [1.165, 1.54) is 32.2 Å². The SMILES string of the molecule is CCOC(=O)CNC(=O)c1c(SC)nc2sc3c(n2c1=O)CCN(S(=O)(=O)c1ccc(Cl)s1)C3. The van der Waals surface area contributed by atoms with Gasteiger partial charge in [0.1, 0.15) is 21.3 Å². The predicted octanol–water partition coefficient (Wildman–Crippen LogP) is 2.23. The minimum atomic E-state index is -3.73. The van der Waals surface area contributed by atoms with E-state index >= 15 is 0 Å². The molecule has 4 heterocycles. The Morgan fingerprint density at radius 2 is 2.09 bits per heavy atom. The largest absolute Gasteiger partial charge is 0.465 e. The maximum absolute atomic E-state index is 13.4. The molecule has 1 aliphatic heterocycles. The number of hydrogen-bond donors (Lipinski definition) is 1. The van der Waals surface area contributed by atoms with Crippen molar-refractivity contribution in [3.05, 3.63) is 43.0 Å². The third-order valence-corrected chi connectivity index (χ3v) is 10.3. The monoisotopic (exact) mass is 562 g/mol. The Balaban J connectivity index is 1.69. The summed E-state index contributed by atoms with van der Waals surface area (Å²) in [5.41, 5.74) is -0.104. The van der Waals surface area contributed by atoms with E-state index in [1.54, 1.807) is 13.2 Å². The maximum Gasteiger partial charge on any atom is 0.325 e. The van der Waals surface area contributed by atoms with E-state index in [0.29, 0.717) is 19.9 Å². The molecular weight excluding hydrogens is 544 g/mol. The number of fused-ring (bicyclic) bond motifs is 3. The Morgan fingerprint density at radius 3 is 2.74 bits per heavy atom. The second kappa shape index (κ2) is 9.95. The summed E-state index contributed by atoms with van der Waals surface area (Å²) in [5, 5.41) is 2.63. The van der Waals surface area contributed by atoms with Crippen molar-refractivity contribution in [2.45, 2.75) is 29.1 Å². The zero-order valence-electron chi connectivity index (χ0n) is 18.0. The number of rotatable bonds is 7. The zero-order chi connectivity index (χ0) is 24.6. The molecule has 1 aliphatic rings. The lowest BCUT2D eigenvalue weighted by atomic mass is 10.2. The number of thioether (sulfide) groups is 1. The molecule has 0 aromatic carbocycles. The van der Waals surface area contributed by atoms with Gasteiger partial charge in [-0.15, -0.1) is 23.1 Å². The number of halogens is 1. The van der Waals surface area contributed by atoms with Gasteiger partial charge in [0, 0.05) is 23.5 Å². The van der Waals surface area contributed by atoms with Crippen molar-refractivity contribution >= 4 is 72.9 Å². The highest BCUT2D eigenvalue weighted by Gasteiger charge is 2.33. The molecular formula is C19H19ClN4O6S4. The van der Waals surface area contributed by atoms with Crippen molar-refractivity contribution < 1.29 is 22.7 Å². The fraction of sp³-hybridized carbons (Fsp3) is 0.368. The maximum atomic E-state index is 13.4. The molecule has 0 fully saturated rings. The van der Waals surface area contributed by atoms with Crippen LogP contribution < -0.4 is 10.9 Å². The van der Waals surface area contributed by atoms with Gasteiger partial charge in [0.15, 0.2) is 4.96 Å². The van der Waals surface area contributed by atoms with E-state index in [-0.39, 0.29) is 47.5 Å². The van der Waals surface area contributed by atoms with Crippen LogP contribution in [0.25, 0.3) is 4.96 Å². The van der Waals surface area contributed by atoms with Gasteiger partial charge in [-0.2, -0.15) is 4.31 Å². The van der Waals surface area contributed by atoms with E-state index in [9.17, 15) is 22.8 Å². The lowest BCUT2D eigenvalue weighted by Crippen LogP contribution is -2.38. The van der Waals surface area contributed by atoms with Crippen LogP contribution in [-0.4, -0.2) is 59.9 Å². The van der Waals surface area contributed by atoms with Crippen LogP contribution in [0.5, 0.6) is 0 Å². The number of nitrogens with one attached hydrogen (secondary N) is 1. The van der Waals surface area contributed by atoms with Gasteiger partial charge in [-0.1, -0.05) is 22.9 Å². The van der Waals surface area contributed by atoms with Crippen molar-refractivity contribution in [2.24, 2.45) is 0 Å². The number of nitrogens with zero attached hydrogens (tertiary/aromatic N) is 3. The average Bonchev–Trinajstić information content (AvgIpc) is 3.40. The topological polar surface area (TPSA) is 127 Å². The Morgan fingerprint density at radius 1 is 1.32 bits per heavy atom. The van der Waals surface area contributed by atoms with Gasteiger partial charge in [0.2, 0.25) is 0 Å². The Bertz CT molecular complexity index is 1440. The van der Waals surface area contributed by atoms with E-state index in [1.807, 2.05) is 0 Å². The Kier molecular flexibility index (Phi) is 7.36. The van der Waals surface area contributed by atoms with Crippen LogP contribution in [0, 0.1) is 0 Å². The molecule has 10 nitrogen and oxygen atoms in total. The second-order valence-electron chi connectivity index (χ2n) is 7.03. The summed E-state index contributed by atoms with van der Waals surface area (Å²) in [6, 6.07) is 3.01. The molecule has 0 radical (unpaired) electrons. The van der Waals surface area contributed by atoms with Crippen molar-refractivity contribution in [3.8, 4) is 0 Å². The fourth-order valence-corrected chi connectivity index (χ4v) is 8.41. The number of ether oxygens (including phenoxy) is 1. The van der Waals surface area contributed by atoms with E-state index in [2.05, 4.69) is 10.3 Å². The van der Waals surface area contributed by atoms with Gasteiger partial charge in [0.05, 0.1) is 17.5 Å². The van der Waals surface area contributed by atoms with Crippen LogP contribution in [0.1, 0.15) is 27.9 Å². The predicted molar refractivity (Wildman–Crippen MR) is 131 cm³/mol. The van der Waals surface area contributed by atoms with Crippen LogP contribution in [0.4, 0.5) is 0 Å². The minimum Gasteiger partial charge on any atom is -0.465 e. The molecule has 0 saturated carbocycles. The number of carbonyl (C=O) groups excluding carboxylic acids is 2. The van der Waals surface area contributed by atoms with Crippen LogP contribution >= 0.6 is 46.0 Å². The third-order valence-electron chi connectivity index (χ3n) is 5.01. The molecule has 0 spiro atoms. The number of sulfonamides is 1. The van der Waals surface area contributed by atoms with Crippen molar-refractivity contribution in [3.63, 3.8) is 0 Å². The summed E-state index contributed by atoms with van der Waals surface area (Å²) in [6.45, 7) is 1.70. The number of amides is 1. The zero-order valence-corrected chi connectivity index (χ0v) is 22.0. The summed E-state index contributed by atoms with van der Waals surface area (Å²) in [5.74, 6) is -1.34. The lowest BCUT2D eigenvalue weighted by Gasteiger charge is -2.25. The highest BCUT2D eigenvalue weighted by atomic mass is 35.5. The number of thiophene rings is 1. The Labute approximate surface area is 211 Å². The van der Waals surface area contributed by atoms with E-state index < -0.39 is 27.5 Å². The van der Waals surface area contributed by atoms with Crippen molar-refractivity contribution in [2.75, 3.05) is 26.0 Å². The smallest absolute Gasteiger partial charge is 0.325 e. The van der Waals surface area contributed by atoms with Crippen LogP contribution in [-0.2, 0) is 32.5 Å². The quantitative estimate of drug-likeness (QED) is 0.264. The van der Waals surface area contributed by atoms with Crippen LogP contribution in [0.3, 0.4) is 0 Å². The molecule has 15 heteroatoms. The molecule has 1 N–H and O–H groups in total. The highest BCUT2D eigenvalue weighted by Crippen LogP contribution is 2.34. The molecule has 4 rings (SSSR count). The first-order valence-corrected chi connectivity index (χ1v) is 14.7. The summed E-state index contributed by atoms with van der Waals surface area (Å²) >= 11 is 9.25. The summed E-state index contributed by atoms with van der Waals surface area (Å²) < 4.78 is 34.1. The molecule has 1 amide bonds. The molecule has 3 aromatic heterocycles. The van der Waals surface area contributed by atoms with Gasteiger partial charge < -0.3 is 10.1 Å². The standard InChI is InChI=1S/C19H19ClN4O6S4/c1-3-30-13(25)8-21-16(26)15-17(31-2)22-19-24(18(15)27)10-6-7-23(9-11(10)32-19)34(28,29)14-5-4-12(20)33-14/h4-5H,3,6-9H2,1-2H3,(H,21,26). The highest BCUT2D eigenvalue weighted by molar-refractivity contribution is 7.98. The molecule has 0 aliphatic carbocycles. The van der Waals surface area contributed by atoms with Crippen molar-refractivity contribution in [1.82, 2.24) is 19.0 Å². The van der Waals surface area contributed by atoms with E-state index in [0.717, 1.165) is 23.1 Å². The number of esters is 1. The lowest BCUT2D eigenvalue weighted by molar-refractivity contribution is -0.141. The molecule has 0 atom stereocenters. The molecule has 0 unspecified atom stereocenters. The second-order valence-corrected chi connectivity index (χ2v) is 12.8. The first-order valence-electron chi connectivity index (χ1n) is 9.98. The number of aromatic nitrogens is 2. The third kappa shape index (κ3) is 4.62. The summed E-state index contributed by atoms with van der Waals surface area (Å²) in [6.07, 6.45) is 1.96. The number of carbonyl (C=O) groups is 2. The summed E-state index contributed by atoms with van der Waals surface area (Å²) in [7, 11) is -3.73. The van der Waals surface area contributed by atoms with E-state index in [4.69, 9.17) is 16.3 Å².